The van der Waals surface area contributed by atoms with Crippen LogP contribution in [0.15, 0.2) is 0 Å². The number of nitrogens with zero attached hydrogens (tertiary/aromatic N) is 1. The molecule has 1 atom stereocenters. The zero-order chi connectivity index (χ0) is 9.35. The molecule has 0 saturated heterocycles. The van der Waals surface area contributed by atoms with Gasteiger partial charge in [-0.05, 0) is 24.7 Å². The van der Waals surface area contributed by atoms with Crippen molar-refractivity contribution in [2.45, 2.75) is 33.1 Å². The lowest BCUT2D eigenvalue weighted by Gasteiger charge is -2.19. The number of hydrogen-bond donors (Lipinski definition) is 0. The van der Waals surface area contributed by atoms with Crippen LogP contribution in [0.5, 0.6) is 0 Å². The lowest BCUT2D eigenvalue weighted by molar-refractivity contribution is -0.132. The number of carbonyl (C=O) groups is 1. The van der Waals surface area contributed by atoms with Gasteiger partial charge in [-0.1, -0.05) is 13.8 Å². The minimum Gasteiger partial charge on any atom is -0.349 e. The highest BCUT2D eigenvalue weighted by atomic mass is 16.2. The molecular formula is C10H19NO. The molecule has 0 bridgehead atoms. The Kier molecular flexibility index (Phi) is 2.45. The van der Waals surface area contributed by atoms with Gasteiger partial charge in [0.05, 0.1) is 0 Å². The van der Waals surface area contributed by atoms with Crippen molar-refractivity contribution in [1.82, 2.24) is 4.90 Å². The smallest absolute Gasteiger partial charge is 0.225 e. The molecule has 1 rings (SSSR count). The molecule has 0 heterocycles. The summed E-state index contributed by atoms with van der Waals surface area (Å²) in [6.45, 7) is 4.49. The van der Waals surface area contributed by atoms with Gasteiger partial charge in [0.25, 0.3) is 0 Å². The highest BCUT2D eigenvalue weighted by molar-refractivity contribution is 5.78. The Labute approximate surface area is 74.9 Å². The van der Waals surface area contributed by atoms with Gasteiger partial charge in [-0.15, -0.1) is 0 Å². The number of carbonyl (C=O) groups excluding carboxylic acids is 1. The predicted octanol–water partition coefficient (Wildman–Crippen LogP) is 1.90. The van der Waals surface area contributed by atoms with Gasteiger partial charge < -0.3 is 4.90 Å². The molecule has 0 aromatic rings. The predicted molar refractivity (Wildman–Crippen MR) is 49.8 cm³/mol. The third-order valence-corrected chi connectivity index (χ3v) is 2.76. The largest absolute Gasteiger partial charge is 0.349 e. The minimum atomic E-state index is 0.287. The van der Waals surface area contributed by atoms with E-state index in [0.29, 0.717) is 11.3 Å². The van der Waals surface area contributed by atoms with Crippen LogP contribution in [0.2, 0.25) is 0 Å². The van der Waals surface area contributed by atoms with Crippen molar-refractivity contribution >= 4 is 5.91 Å². The molecule has 0 spiro atoms. The zero-order valence-corrected chi connectivity index (χ0v) is 8.55. The molecule has 0 aliphatic heterocycles. The fourth-order valence-corrected chi connectivity index (χ4v) is 2.01. The molecule has 0 N–H and O–H groups in total. The summed E-state index contributed by atoms with van der Waals surface area (Å²) < 4.78 is 0. The van der Waals surface area contributed by atoms with E-state index < -0.39 is 0 Å². The van der Waals surface area contributed by atoms with Gasteiger partial charge in [0.2, 0.25) is 5.91 Å². The van der Waals surface area contributed by atoms with Crippen LogP contribution >= 0.6 is 0 Å². The minimum absolute atomic E-state index is 0.287. The lowest BCUT2D eigenvalue weighted by Crippen LogP contribution is -2.28. The molecule has 1 amide bonds. The molecule has 70 valence electrons. The second-order valence-electron chi connectivity index (χ2n) is 4.84. The summed E-state index contributed by atoms with van der Waals surface area (Å²) in [6, 6.07) is 0. The van der Waals surface area contributed by atoms with Crippen molar-refractivity contribution in [1.29, 1.82) is 0 Å². The van der Waals surface area contributed by atoms with Crippen molar-refractivity contribution in [3.63, 3.8) is 0 Å². The molecule has 1 fully saturated rings. The van der Waals surface area contributed by atoms with Gasteiger partial charge >= 0.3 is 0 Å². The summed E-state index contributed by atoms with van der Waals surface area (Å²) in [5.74, 6) is 0.593. The molecule has 0 unspecified atom stereocenters. The highest BCUT2D eigenvalue weighted by Gasteiger charge is 2.35. The maximum atomic E-state index is 11.6. The quantitative estimate of drug-likeness (QED) is 0.587. The Balaban J connectivity index is 2.53. The van der Waals surface area contributed by atoms with E-state index in [1.165, 1.54) is 6.42 Å². The van der Waals surface area contributed by atoms with Gasteiger partial charge in [-0.25, -0.2) is 0 Å². The summed E-state index contributed by atoms with van der Waals surface area (Å²) in [4.78, 5) is 13.3. The van der Waals surface area contributed by atoms with E-state index in [1.54, 1.807) is 4.90 Å². The lowest BCUT2D eigenvalue weighted by atomic mass is 9.90. The molecule has 2 nitrogen and oxygen atoms in total. The monoisotopic (exact) mass is 169 g/mol. The molecule has 1 aliphatic carbocycles. The second-order valence-corrected chi connectivity index (χ2v) is 4.84. The van der Waals surface area contributed by atoms with Crippen molar-refractivity contribution in [3.8, 4) is 0 Å². The fourth-order valence-electron chi connectivity index (χ4n) is 2.01. The number of amides is 1. The third-order valence-electron chi connectivity index (χ3n) is 2.76. The maximum absolute atomic E-state index is 11.6. The van der Waals surface area contributed by atoms with Crippen LogP contribution in [-0.2, 0) is 4.79 Å². The van der Waals surface area contributed by atoms with Crippen LogP contribution in [0.3, 0.4) is 0 Å². The third kappa shape index (κ3) is 1.99. The first-order valence-corrected chi connectivity index (χ1v) is 4.63. The summed E-state index contributed by atoms with van der Waals surface area (Å²) in [5, 5.41) is 0. The van der Waals surface area contributed by atoms with Crippen molar-refractivity contribution < 1.29 is 4.79 Å². The Morgan fingerprint density at radius 1 is 1.42 bits per heavy atom. The summed E-state index contributed by atoms with van der Waals surface area (Å²) in [5.41, 5.74) is 0.385. The average Bonchev–Trinajstić information content (AvgIpc) is 2.28. The van der Waals surface area contributed by atoms with Crippen molar-refractivity contribution in [2.24, 2.45) is 11.3 Å². The van der Waals surface area contributed by atoms with E-state index in [1.807, 2.05) is 14.1 Å². The van der Waals surface area contributed by atoms with Crippen LogP contribution in [0, 0.1) is 11.3 Å². The first-order valence-electron chi connectivity index (χ1n) is 4.63. The van der Waals surface area contributed by atoms with Gasteiger partial charge in [-0.2, -0.15) is 0 Å². The molecule has 0 radical (unpaired) electrons. The van der Waals surface area contributed by atoms with E-state index >= 15 is 0 Å². The van der Waals surface area contributed by atoms with E-state index in [-0.39, 0.29) is 5.92 Å². The first-order chi connectivity index (χ1) is 5.42. The molecule has 1 aliphatic rings. The van der Waals surface area contributed by atoms with Crippen LogP contribution in [0.4, 0.5) is 0 Å². The summed E-state index contributed by atoms with van der Waals surface area (Å²) in [6.07, 6.45) is 3.32. The molecule has 1 saturated carbocycles. The van der Waals surface area contributed by atoms with Crippen LogP contribution in [0.1, 0.15) is 33.1 Å². The Bertz CT molecular complexity index is 184. The molecule has 2 heteroatoms. The van der Waals surface area contributed by atoms with E-state index in [9.17, 15) is 4.79 Å². The normalized spacial score (nSPS) is 27.2. The fraction of sp³-hybridized carbons (Fsp3) is 0.900. The molecule has 0 aromatic carbocycles. The number of hydrogen-bond acceptors (Lipinski definition) is 1. The highest BCUT2D eigenvalue weighted by Crippen LogP contribution is 2.41. The Morgan fingerprint density at radius 2 is 2.00 bits per heavy atom. The second kappa shape index (κ2) is 3.08. The Hall–Kier alpha value is -0.530. The van der Waals surface area contributed by atoms with Gasteiger partial charge in [0, 0.05) is 20.0 Å². The topological polar surface area (TPSA) is 20.3 Å². The summed E-state index contributed by atoms with van der Waals surface area (Å²) in [7, 11) is 3.68. The SMILES string of the molecule is CN(C)C(=O)[C@H]1CCC(C)(C)C1. The maximum Gasteiger partial charge on any atom is 0.225 e. The first kappa shape index (κ1) is 9.56. The van der Waals surface area contributed by atoms with Crippen molar-refractivity contribution in [3.05, 3.63) is 0 Å². The standard InChI is InChI=1S/C10H19NO/c1-10(2)6-5-8(7-10)9(12)11(3)4/h8H,5-7H2,1-4H3/t8-/m0/s1. The van der Waals surface area contributed by atoms with Crippen molar-refractivity contribution in [2.75, 3.05) is 14.1 Å². The number of rotatable bonds is 1. The van der Waals surface area contributed by atoms with Crippen LogP contribution in [-0.4, -0.2) is 24.9 Å². The van der Waals surface area contributed by atoms with E-state index in [4.69, 9.17) is 0 Å². The molecule has 0 aromatic heterocycles. The van der Waals surface area contributed by atoms with Gasteiger partial charge in [0.1, 0.15) is 0 Å². The van der Waals surface area contributed by atoms with E-state index in [2.05, 4.69) is 13.8 Å². The van der Waals surface area contributed by atoms with Crippen LogP contribution in [0.25, 0.3) is 0 Å². The van der Waals surface area contributed by atoms with Crippen LogP contribution < -0.4 is 0 Å². The zero-order valence-electron chi connectivity index (χ0n) is 8.55. The summed E-state index contributed by atoms with van der Waals surface area (Å²) >= 11 is 0. The van der Waals surface area contributed by atoms with E-state index in [0.717, 1.165) is 12.8 Å². The Morgan fingerprint density at radius 3 is 2.33 bits per heavy atom. The average molecular weight is 169 g/mol. The van der Waals surface area contributed by atoms with Gasteiger partial charge in [-0.3, -0.25) is 4.79 Å². The molecular weight excluding hydrogens is 150 g/mol. The molecule has 12 heavy (non-hydrogen) atoms. The van der Waals surface area contributed by atoms with Gasteiger partial charge in [0.15, 0.2) is 0 Å².